The fraction of sp³-hybridized carbons (Fsp3) is 0.500. The Kier molecular flexibility index (Phi) is 4.75. The molecule has 0 spiro atoms. The fourth-order valence-corrected chi connectivity index (χ4v) is 4.52. The second-order valence-corrected chi connectivity index (χ2v) is 7.40. The lowest BCUT2D eigenvalue weighted by Gasteiger charge is -2.38. The number of carbonyl (C=O) groups is 2. The molecule has 1 aliphatic heterocycles. The summed E-state index contributed by atoms with van der Waals surface area (Å²) in [6, 6.07) is 7.90. The van der Waals surface area contributed by atoms with E-state index in [4.69, 9.17) is 9.73 Å². The zero-order valence-corrected chi connectivity index (χ0v) is 15.3. The van der Waals surface area contributed by atoms with Crippen molar-refractivity contribution in [1.82, 2.24) is 0 Å². The minimum absolute atomic E-state index is 0.155. The Balaban J connectivity index is 1.86. The second kappa shape index (κ2) is 7.18. The van der Waals surface area contributed by atoms with Crippen LogP contribution in [-0.2, 0) is 9.59 Å². The number of hydrogen-bond acceptors (Lipinski definition) is 4. The normalized spacial score (nSPS) is 25.5. The summed E-state index contributed by atoms with van der Waals surface area (Å²) in [5, 5.41) is 0. The van der Waals surface area contributed by atoms with E-state index in [-0.39, 0.29) is 23.4 Å². The number of carbonyl (C=O) groups excluding carboxylic acids is 2. The van der Waals surface area contributed by atoms with E-state index in [9.17, 15) is 9.59 Å². The Labute approximate surface area is 154 Å². The van der Waals surface area contributed by atoms with Crippen molar-refractivity contribution >= 4 is 17.3 Å². The summed E-state index contributed by atoms with van der Waals surface area (Å²) in [4.78, 5) is 30.5. The Morgan fingerprint density at radius 2 is 1.85 bits per heavy atom. The van der Waals surface area contributed by atoms with Gasteiger partial charge >= 0.3 is 0 Å². The van der Waals surface area contributed by atoms with Crippen LogP contribution in [0.5, 0.6) is 5.75 Å². The smallest absolute Gasteiger partial charge is 0.161 e. The van der Waals surface area contributed by atoms with Crippen molar-refractivity contribution in [3.05, 3.63) is 41.1 Å². The topological polar surface area (TPSA) is 55.7 Å². The van der Waals surface area contributed by atoms with Gasteiger partial charge in [0.2, 0.25) is 0 Å². The monoisotopic (exact) mass is 351 g/mol. The fourth-order valence-electron chi connectivity index (χ4n) is 4.52. The number of fused-ring (bicyclic) bond motifs is 1. The Bertz CT molecular complexity index is 805. The van der Waals surface area contributed by atoms with Gasteiger partial charge in [-0.2, -0.15) is 0 Å². The number of ketones is 2. The van der Waals surface area contributed by atoms with Crippen molar-refractivity contribution in [2.45, 2.75) is 57.8 Å². The molecule has 4 nitrogen and oxygen atoms in total. The average molecular weight is 351 g/mol. The van der Waals surface area contributed by atoms with E-state index in [0.29, 0.717) is 19.4 Å². The molecule has 0 aromatic heterocycles. The highest BCUT2D eigenvalue weighted by Crippen LogP contribution is 2.48. The number of benzene rings is 1. The quantitative estimate of drug-likeness (QED) is 0.808. The van der Waals surface area contributed by atoms with Gasteiger partial charge in [-0.15, -0.1) is 0 Å². The molecule has 1 heterocycles. The molecule has 0 radical (unpaired) electrons. The van der Waals surface area contributed by atoms with Crippen molar-refractivity contribution < 1.29 is 14.3 Å². The predicted octanol–water partition coefficient (Wildman–Crippen LogP) is 4.39. The maximum atomic E-state index is 12.9. The molecule has 26 heavy (non-hydrogen) atoms. The zero-order valence-electron chi connectivity index (χ0n) is 15.3. The van der Waals surface area contributed by atoms with Crippen LogP contribution in [0.2, 0.25) is 0 Å². The molecule has 0 N–H and O–H groups in total. The van der Waals surface area contributed by atoms with Gasteiger partial charge in [-0.25, -0.2) is 0 Å². The highest BCUT2D eigenvalue weighted by molar-refractivity contribution is 6.12. The van der Waals surface area contributed by atoms with E-state index < -0.39 is 0 Å². The van der Waals surface area contributed by atoms with Gasteiger partial charge in [-0.05, 0) is 38.2 Å². The molecule has 3 aliphatic rings. The molecule has 2 aliphatic carbocycles. The molecule has 0 saturated heterocycles. The van der Waals surface area contributed by atoms with Gasteiger partial charge < -0.3 is 4.74 Å². The molecule has 0 bridgehead atoms. The molecule has 4 heteroatoms. The van der Waals surface area contributed by atoms with Gasteiger partial charge in [0.15, 0.2) is 5.78 Å². The lowest BCUT2D eigenvalue weighted by atomic mass is 9.67. The number of allylic oxidation sites excluding steroid dienone is 2. The van der Waals surface area contributed by atoms with Crippen LogP contribution in [0, 0.1) is 5.92 Å². The summed E-state index contributed by atoms with van der Waals surface area (Å²) in [5.41, 5.74) is 3.63. The van der Waals surface area contributed by atoms with Crippen molar-refractivity contribution in [2.75, 3.05) is 6.61 Å². The highest BCUT2D eigenvalue weighted by atomic mass is 16.5. The van der Waals surface area contributed by atoms with Gasteiger partial charge in [0.25, 0.3) is 0 Å². The largest absolute Gasteiger partial charge is 0.493 e. The number of para-hydroxylation sites is 1. The van der Waals surface area contributed by atoms with Gasteiger partial charge in [-0.3, -0.25) is 14.6 Å². The van der Waals surface area contributed by atoms with E-state index >= 15 is 0 Å². The molecule has 1 saturated carbocycles. The molecular weight excluding hydrogens is 326 g/mol. The summed E-state index contributed by atoms with van der Waals surface area (Å²) < 4.78 is 5.98. The Hall–Kier alpha value is -2.23. The molecule has 0 amide bonds. The SMILES string of the molecule is CCCOc1ccccc1[C@H]1C2=C(CCCC2=O)N=C2CCCC(=O)[C@H]21. The number of nitrogens with zero attached hydrogens (tertiary/aromatic N) is 1. The molecule has 1 aromatic rings. The third-order valence-electron chi connectivity index (χ3n) is 5.63. The van der Waals surface area contributed by atoms with Crippen LogP contribution in [-0.4, -0.2) is 23.9 Å². The summed E-state index contributed by atoms with van der Waals surface area (Å²) in [5.74, 6) is 0.643. The first-order valence-electron chi connectivity index (χ1n) is 9.78. The molecule has 2 atom stereocenters. The first kappa shape index (κ1) is 17.2. The third-order valence-corrected chi connectivity index (χ3v) is 5.63. The standard InChI is InChI=1S/C22H25NO3/c1-2-13-26-19-12-4-3-7-14(19)20-21-15(8-5-10-17(21)24)23-16-9-6-11-18(25)22(16)20/h3-4,7,12,20-21H,2,5-6,8-11,13H2,1H3/t20-,21+/m1/s1. The van der Waals surface area contributed by atoms with Gasteiger partial charge in [-0.1, -0.05) is 25.1 Å². The minimum Gasteiger partial charge on any atom is -0.493 e. The van der Waals surface area contributed by atoms with E-state index in [0.717, 1.165) is 60.4 Å². The van der Waals surface area contributed by atoms with E-state index in [1.54, 1.807) is 0 Å². The minimum atomic E-state index is -0.295. The van der Waals surface area contributed by atoms with E-state index in [1.807, 2.05) is 24.3 Å². The maximum Gasteiger partial charge on any atom is 0.161 e. The van der Waals surface area contributed by atoms with Crippen molar-refractivity contribution in [1.29, 1.82) is 0 Å². The number of hydrogen-bond donors (Lipinski definition) is 0. The average Bonchev–Trinajstić information content (AvgIpc) is 2.65. The first-order chi connectivity index (χ1) is 12.7. The maximum absolute atomic E-state index is 12.9. The van der Waals surface area contributed by atoms with Crippen LogP contribution in [0.15, 0.2) is 40.5 Å². The number of Topliss-reactive ketones (excluding diaryl/α,β-unsaturated/α-hetero) is 2. The zero-order chi connectivity index (χ0) is 18.1. The van der Waals surface area contributed by atoms with Crippen molar-refractivity contribution in [3.8, 4) is 5.75 Å². The molecule has 4 rings (SSSR count). The van der Waals surface area contributed by atoms with E-state index in [1.165, 1.54) is 0 Å². The van der Waals surface area contributed by atoms with Crippen molar-refractivity contribution in [2.24, 2.45) is 10.9 Å². The molecule has 136 valence electrons. The summed E-state index contributed by atoms with van der Waals surface area (Å²) in [7, 11) is 0. The predicted molar refractivity (Wildman–Crippen MR) is 101 cm³/mol. The Morgan fingerprint density at radius 1 is 1.04 bits per heavy atom. The lowest BCUT2D eigenvalue weighted by molar-refractivity contribution is -0.122. The lowest BCUT2D eigenvalue weighted by Crippen LogP contribution is -2.39. The summed E-state index contributed by atoms with van der Waals surface area (Å²) in [6.45, 7) is 2.70. The van der Waals surface area contributed by atoms with Gasteiger partial charge in [0.1, 0.15) is 11.5 Å². The van der Waals surface area contributed by atoms with E-state index in [2.05, 4.69) is 6.92 Å². The summed E-state index contributed by atoms with van der Waals surface area (Å²) >= 11 is 0. The molecular formula is C22H25NO3. The van der Waals surface area contributed by atoms with Gasteiger partial charge in [0.05, 0.1) is 12.5 Å². The molecule has 1 aromatic carbocycles. The highest BCUT2D eigenvalue weighted by Gasteiger charge is 2.45. The second-order valence-electron chi connectivity index (χ2n) is 7.40. The van der Waals surface area contributed by atoms with Gasteiger partial charge in [0, 0.05) is 41.3 Å². The number of rotatable bonds is 4. The number of aliphatic imine (C=N–C) groups is 1. The van der Waals surface area contributed by atoms with Crippen LogP contribution in [0.25, 0.3) is 0 Å². The molecule has 0 unspecified atom stereocenters. The van der Waals surface area contributed by atoms with Crippen LogP contribution in [0.4, 0.5) is 0 Å². The molecule has 1 fully saturated rings. The van der Waals surface area contributed by atoms with Crippen molar-refractivity contribution in [3.63, 3.8) is 0 Å². The first-order valence-corrected chi connectivity index (χ1v) is 9.78. The van der Waals surface area contributed by atoms with Crippen LogP contribution in [0.1, 0.15) is 63.4 Å². The third kappa shape index (κ3) is 2.91. The summed E-state index contributed by atoms with van der Waals surface area (Å²) in [6.07, 6.45) is 5.46. The number of ether oxygens (including phenoxy) is 1. The Morgan fingerprint density at radius 3 is 2.69 bits per heavy atom. The van der Waals surface area contributed by atoms with Crippen LogP contribution < -0.4 is 4.74 Å². The van der Waals surface area contributed by atoms with Crippen LogP contribution in [0.3, 0.4) is 0 Å². The van der Waals surface area contributed by atoms with Crippen LogP contribution >= 0.6 is 0 Å².